The number of nitriles is 1. The summed E-state index contributed by atoms with van der Waals surface area (Å²) >= 11 is 1.11. The normalized spacial score (nSPS) is 23.5. The highest BCUT2D eigenvalue weighted by Gasteiger charge is 2.21. The van der Waals surface area contributed by atoms with E-state index in [0.29, 0.717) is 6.04 Å². The lowest BCUT2D eigenvalue weighted by Crippen LogP contribution is -2.34. The SMILES string of the molecule is CC1CCCCN1SC(=O)NC#N. The van der Waals surface area contributed by atoms with Gasteiger partial charge in [-0.05, 0) is 19.8 Å². The van der Waals surface area contributed by atoms with Gasteiger partial charge in [0.25, 0.3) is 0 Å². The fraction of sp³-hybridized carbons (Fsp3) is 0.750. The molecule has 0 spiro atoms. The van der Waals surface area contributed by atoms with Crippen LogP contribution < -0.4 is 5.32 Å². The smallest absolute Gasteiger partial charge is 0.259 e. The minimum Gasteiger partial charge on any atom is -0.259 e. The summed E-state index contributed by atoms with van der Waals surface area (Å²) in [4.78, 5) is 11.0. The predicted molar refractivity (Wildman–Crippen MR) is 51.8 cm³/mol. The van der Waals surface area contributed by atoms with E-state index >= 15 is 0 Å². The Balaban J connectivity index is 2.34. The van der Waals surface area contributed by atoms with Crippen LogP contribution in [0.3, 0.4) is 0 Å². The molecule has 1 N–H and O–H groups in total. The summed E-state index contributed by atoms with van der Waals surface area (Å²) < 4.78 is 2.04. The van der Waals surface area contributed by atoms with E-state index < -0.39 is 0 Å². The van der Waals surface area contributed by atoms with Gasteiger partial charge in [-0.15, -0.1) is 0 Å². The molecule has 0 saturated carbocycles. The summed E-state index contributed by atoms with van der Waals surface area (Å²) in [5.41, 5.74) is 0. The first-order valence-electron chi connectivity index (χ1n) is 4.37. The molecule has 1 fully saturated rings. The van der Waals surface area contributed by atoms with Crippen LogP contribution >= 0.6 is 11.9 Å². The molecule has 0 bridgehead atoms. The van der Waals surface area contributed by atoms with Crippen molar-refractivity contribution in [1.29, 1.82) is 5.26 Å². The summed E-state index contributed by atoms with van der Waals surface area (Å²) in [5, 5.41) is 10.0. The number of amides is 1. The number of nitrogens with one attached hydrogen (secondary N) is 1. The zero-order chi connectivity index (χ0) is 9.68. The van der Waals surface area contributed by atoms with Crippen molar-refractivity contribution in [3.8, 4) is 6.19 Å². The van der Waals surface area contributed by atoms with Crippen LogP contribution in [0, 0.1) is 11.5 Å². The Morgan fingerprint density at radius 1 is 1.69 bits per heavy atom. The lowest BCUT2D eigenvalue weighted by atomic mass is 10.1. The van der Waals surface area contributed by atoms with E-state index in [4.69, 9.17) is 5.26 Å². The van der Waals surface area contributed by atoms with Gasteiger partial charge in [-0.1, -0.05) is 6.42 Å². The summed E-state index contributed by atoms with van der Waals surface area (Å²) in [6.45, 7) is 3.04. The van der Waals surface area contributed by atoms with Gasteiger partial charge in [0.15, 0.2) is 6.19 Å². The maximum atomic E-state index is 11.0. The molecule has 1 amide bonds. The van der Waals surface area contributed by atoms with Crippen LogP contribution in [0.15, 0.2) is 0 Å². The van der Waals surface area contributed by atoms with E-state index in [9.17, 15) is 4.79 Å². The Labute approximate surface area is 82.4 Å². The van der Waals surface area contributed by atoms with Crippen molar-refractivity contribution < 1.29 is 4.79 Å². The van der Waals surface area contributed by atoms with Crippen LogP contribution in [0.4, 0.5) is 4.79 Å². The molecular formula is C8H13N3OS. The molecule has 0 aliphatic carbocycles. The zero-order valence-corrected chi connectivity index (χ0v) is 8.43. The van der Waals surface area contributed by atoms with Gasteiger partial charge in [0.05, 0.1) is 0 Å². The van der Waals surface area contributed by atoms with Crippen molar-refractivity contribution in [3.05, 3.63) is 0 Å². The lowest BCUT2D eigenvalue weighted by molar-refractivity contribution is 0.258. The Bertz CT molecular complexity index is 226. The van der Waals surface area contributed by atoms with E-state index in [1.165, 1.54) is 6.42 Å². The number of rotatable bonds is 1. The van der Waals surface area contributed by atoms with E-state index in [2.05, 4.69) is 12.2 Å². The monoisotopic (exact) mass is 199 g/mol. The number of hydrogen-bond donors (Lipinski definition) is 1. The maximum Gasteiger partial charge on any atom is 0.307 e. The molecule has 4 nitrogen and oxygen atoms in total. The van der Waals surface area contributed by atoms with E-state index in [0.717, 1.165) is 31.3 Å². The molecule has 1 unspecified atom stereocenters. The molecule has 13 heavy (non-hydrogen) atoms. The minimum absolute atomic E-state index is 0.281. The molecule has 1 aliphatic heterocycles. The third kappa shape index (κ3) is 3.25. The largest absolute Gasteiger partial charge is 0.307 e. The Morgan fingerprint density at radius 2 is 2.46 bits per heavy atom. The molecule has 1 aliphatic rings. The minimum atomic E-state index is -0.281. The first-order valence-corrected chi connectivity index (χ1v) is 5.15. The van der Waals surface area contributed by atoms with E-state index in [-0.39, 0.29) is 5.24 Å². The van der Waals surface area contributed by atoms with Crippen molar-refractivity contribution >= 4 is 17.2 Å². The van der Waals surface area contributed by atoms with Crippen LogP contribution in [0.25, 0.3) is 0 Å². The Hall–Kier alpha value is -0.730. The zero-order valence-electron chi connectivity index (χ0n) is 7.62. The first-order chi connectivity index (χ1) is 6.24. The number of piperidine rings is 1. The summed E-state index contributed by atoms with van der Waals surface area (Å²) in [6, 6.07) is 0.434. The molecule has 0 aromatic rings. The third-order valence-corrected chi connectivity index (χ3v) is 3.15. The highest BCUT2D eigenvalue weighted by atomic mass is 32.2. The van der Waals surface area contributed by atoms with Crippen molar-refractivity contribution in [1.82, 2.24) is 9.62 Å². The van der Waals surface area contributed by atoms with Gasteiger partial charge in [0.2, 0.25) is 0 Å². The topological polar surface area (TPSA) is 56.1 Å². The molecule has 0 aromatic carbocycles. The average molecular weight is 199 g/mol. The van der Waals surface area contributed by atoms with Gasteiger partial charge in [0, 0.05) is 24.5 Å². The van der Waals surface area contributed by atoms with Gasteiger partial charge in [-0.2, -0.15) is 5.26 Å². The molecule has 1 atom stereocenters. The molecule has 1 heterocycles. The molecule has 0 aromatic heterocycles. The first kappa shape index (κ1) is 10.4. The third-order valence-electron chi connectivity index (χ3n) is 2.10. The predicted octanol–water partition coefficient (Wildman–Crippen LogP) is 1.70. The van der Waals surface area contributed by atoms with Crippen molar-refractivity contribution in [3.63, 3.8) is 0 Å². The van der Waals surface area contributed by atoms with E-state index in [1.54, 1.807) is 6.19 Å². The van der Waals surface area contributed by atoms with Crippen molar-refractivity contribution in [2.24, 2.45) is 0 Å². The second-order valence-corrected chi connectivity index (χ2v) is 4.12. The van der Waals surface area contributed by atoms with Crippen LogP contribution in [-0.2, 0) is 0 Å². The summed E-state index contributed by atoms with van der Waals surface area (Å²) in [5.74, 6) is 0. The highest BCUT2D eigenvalue weighted by Crippen LogP contribution is 2.23. The molecule has 5 heteroatoms. The number of nitrogens with zero attached hydrogens (tertiary/aromatic N) is 2. The Kier molecular flexibility index (Phi) is 4.06. The second kappa shape index (κ2) is 5.10. The molecule has 72 valence electrons. The standard InChI is InChI=1S/C8H13N3OS/c1-7-4-2-3-5-11(7)13-8(12)10-6-9/h7H,2-5H2,1H3,(H,10,12). The summed E-state index contributed by atoms with van der Waals surface area (Å²) in [6.07, 6.45) is 5.13. The summed E-state index contributed by atoms with van der Waals surface area (Å²) in [7, 11) is 0. The van der Waals surface area contributed by atoms with Crippen molar-refractivity contribution in [2.45, 2.75) is 32.2 Å². The quantitative estimate of drug-likeness (QED) is 0.397. The Morgan fingerprint density at radius 3 is 3.08 bits per heavy atom. The van der Waals surface area contributed by atoms with Crippen molar-refractivity contribution in [2.75, 3.05) is 6.54 Å². The highest BCUT2D eigenvalue weighted by molar-refractivity contribution is 8.11. The second-order valence-electron chi connectivity index (χ2n) is 3.10. The molecule has 1 rings (SSSR count). The molecule has 1 saturated heterocycles. The fourth-order valence-electron chi connectivity index (χ4n) is 1.38. The maximum absolute atomic E-state index is 11.0. The molecular weight excluding hydrogens is 186 g/mol. The van der Waals surface area contributed by atoms with Gasteiger partial charge < -0.3 is 0 Å². The van der Waals surface area contributed by atoms with Crippen LogP contribution in [0.5, 0.6) is 0 Å². The number of carbonyl (C=O) groups is 1. The molecule has 0 radical (unpaired) electrons. The lowest BCUT2D eigenvalue weighted by Gasteiger charge is -2.30. The number of carbonyl (C=O) groups excluding carboxylic acids is 1. The van der Waals surface area contributed by atoms with Gasteiger partial charge in [-0.25, -0.2) is 4.31 Å². The van der Waals surface area contributed by atoms with Gasteiger partial charge in [-0.3, -0.25) is 10.1 Å². The average Bonchev–Trinajstić information content (AvgIpc) is 2.09. The fourth-order valence-corrected chi connectivity index (χ4v) is 2.19. The van der Waals surface area contributed by atoms with E-state index in [1.807, 2.05) is 4.31 Å². The number of hydrogen-bond acceptors (Lipinski definition) is 4. The van der Waals surface area contributed by atoms with Crippen LogP contribution in [0.1, 0.15) is 26.2 Å². The van der Waals surface area contributed by atoms with Gasteiger partial charge in [0.1, 0.15) is 0 Å². The van der Waals surface area contributed by atoms with Crippen LogP contribution in [0.2, 0.25) is 0 Å². The van der Waals surface area contributed by atoms with Gasteiger partial charge >= 0.3 is 5.24 Å². The van der Waals surface area contributed by atoms with Crippen LogP contribution in [-0.4, -0.2) is 22.1 Å².